The number of aromatic hydroxyl groups is 1. The fourth-order valence-corrected chi connectivity index (χ4v) is 4.01. The van der Waals surface area contributed by atoms with E-state index in [4.69, 9.17) is 0 Å². The summed E-state index contributed by atoms with van der Waals surface area (Å²) in [4.78, 5) is 27.6. The van der Waals surface area contributed by atoms with Crippen molar-refractivity contribution in [2.24, 2.45) is 0 Å². The van der Waals surface area contributed by atoms with Crippen molar-refractivity contribution in [1.82, 2.24) is 0 Å². The van der Waals surface area contributed by atoms with Crippen LogP contribution in [0.3, 0.4) is 0 Å². The molecule has 3 aromatic carbocycles. The second kappa shape index (κ2) is 8.04. The van der Waals surface area contributed by atoms with Crippen molar-refractivity contribution in [3.05, 3.63) is 99.0 Å². The molecule has 1 unspecified atom stereocenters. The monoisotopic (exact) mass is 477 g/mol. The standard InChI is InChI=1S/C25H20BrNO4/c1-14-6-11-19(12-15(14)2)27-22(17-4-3-5-20(28)13-17)21(24(30)25(27)31)23(29)16-7-9-18(26)10-8-16/h3-13,22,28-29H,1-2H3/b23-21+. The van der Waals surface area contributed by atoms with Gasteiger partial charge in [-0.15, -0.1) is 0 Å². The van der Waals surface area contributed by atoms with Gasteiger partial charge >= 0.3 is 0 Å². The van der Waals surface area contributed by atoms with E-state index in [1.807, 2.05) is 26.0 Å². The Bertz CT molecular complexity index is 1230. The van der Waals surface area contributed by atoms with Gasteiger partial charge in [-0.05, 0) is 66.9 Å². The van der Waals surface area contributed by atoms with Crippen LogP contribution in [0.15, 0.2) is 76.8 Å². The molecule has 1 atom stereocenters. The van der Waals surface area contributed by atoms with Gasteiger partial charge in [0.05, 0.1) is 11.6 Å². The maximum atomic E-state index is 13.1. The van der Waals surface area contributed by atoms with Crippen LogP contribution in [0.1, 0.15) is 28.3 Å². The number of hydrogen-bond acceptors (Lipinski definition) is 4. The van der Waals surface area contributed by atoms with Crippen LogP contribution in [0.2, 0.25) is 0 Å². The number of hydrogen-bond donors (Lipinski definition) is 2. The third-order valence-corrected chi connectivity index (χ3v) is 6.05. The molecule has 1 aliphatic rings. The van der Waals surface area contributed by atoms with E-state index >= 15 is 0 Å². The van der Waals surface area contributed by atoms with Crippen LogP contribution in [-0.2, 0) is 9.59 Å². The van der Waals surface area contributed by atoms with Gasteiger partial charge in [0, 0.05) is 15.7 Å². The highest BCUT2D eigenvalue weighted by atomic mass is 79.9. The average molecular weight is 478 g/mol. The fourth-order valence-electron chi connectivity index (χ4n) is 3.75. The summed E-state index contributed by atoms with van der Waals surface area (Å²) in [6, 6.07) is 17.8. The van der Waals surface area contributed by atoms with Crippen LogP contribution in [-0.4, -0.2) is 21.9 Å². The Morgan fingerprint density at radius 3 is 2.29 bits per heavy atom. The number of carbonyl (C=O) groups excluding carboxylic acids is 2. The van der Waals surface area contributed by atoms with Crippen LogP contribution in [0.4, 0.5) is 5.69 Å². The second-order valence-electron chi connectivity index (χ2n) is 7.54. The topological polar surface area (TPSA) is 77.8 Å². The second-order valence-corrected chi connectivity index (χ2v) is 8.46. The number of amides is 1. The molecule has 3 aromatic rings. The smallest absolute Gasteiger partial charge is 0.300 e. The number of benzene rings is 3. The molecule has 1 heterocycles. The van der Waals surface area contributed by atoms with Crippen molar-refractivity contribution >= 4 is 39.1 Å². The predicted molar refractivity (Wildman–Crippen MR) is 123 cm³/mol. The van der Waals surface area contributed by atoms with Gasteiger partial charge in [-0.2, -0.15) is 0 Å². The number of aryl methyl sites for hydroxylation is 2. The van der Waals surface area contributed by atoms with Gasteiger partial charge < -0.3 is 10.2 Å². The molecule has 0 spiro atoms. The molecule has 31 heavy (non-hydrogen) atoms. The highest BCUT2D eigenvalue weighted by Gasteiger charge is 2.47. The van der Waals surface area contributed by atoms with Crippen LogP contribution >= 0.6 is 15.9 Å². The first-order chi connectivity index (χ1) is 14.8. The van der Waals surface area contributed by atoms with Crippen molar-refractivity contribution in [3.8, 4) is 5.75 Å². The fraction of sp³-hybridized carbons (Fsp3) is 0.120. The molecule has 4 rings (SSSR count). The number of aliphatic hydroxyl groups is 1. The number of nitrogens with zero attached hydrogens (tertiary/aromatic N) is 1. The Hall–Kier alpha value is -3.38. The summed E-state index contributed by atoms with van der Waals surface area (Å²) in [5.41, 5.74) is 3.51. The summed E-state index contributed by atoms with van der Waals surface area (Å²) in [5.74, 6) is -1.75. The van der Waals surface area contributed by atoms with Gasteiger partial charge in [0.15, 0.2) is 0 Å². The first-order valence-corrected chi connectivity index (χ1v) is 10.5. The molecular weight excluding hydrogens is 458 g/mol. The average Bonchev–Trinajstić information content (AvgIpc) is 3.01. The Kier molecular flexibility index (Phi) is 5.41. The highest BCUT2D eigenvalue weighted by Crippen LogP contribution is 2.43. The number of phenols is 1. The van der Waals surface area contributed by atoms with Crippen molar-refractivity contribution in [1.29, 1.82) is 0 Å². The van der Waals surface area contributed by atoms with Gasteiger partial charge in [-0.25, -0.2) is 0 Å². The molecule has 1 fully saturated rings. The number of halogens is 1. The lowest BCUT2D eigenvalue weighted by molar-refractivity contribution is -0.132. The molecule has 0 aliphatic carbocycles. The van der Waals surface area contributed by atoms with Gasteiger partial charge in [-0.1, -0.05) is 46.3 Å². The lowest BCUT2D eigenvalue weighted by Gasteiger charge is -2.26. The molecule has 0 radical (unpaired) electrons. The minimum Gasteiger partial charge on any atom is -0.508 e. The van der Waals surface area contributed by atoms with E-state index in [1.54, 1.807) is 42.5 Å². The molecule has 0 aromatic heterocycles. The SMILES string of the molecule is Cc1ccc(N2C(=O)C(=O)/C(=C(/O)c3ccc(Br)cc3)C2c2cccc(O)c2)cc1C. The minimum absolute atomic E-state index is 0.00631. The Morgan fingerprint density at radius 1 is 0.935 bits per heavy atom. The summed E-state index contributed by atoms with van der Waals surface area (Å²) in [7, 11) is 0. The summed E-state index contributed by atoms with van der Waals surface area (Å²) in [5, 5.41) is 21.1. The quantitative estimate of drug-likeness (QED) is 0.300. The van der Waals surface area contributed by atoms with E-state index in [1.165, 1.54) is 17.0 Å². The first kappa shape index (κ1) is 20.9. The van der Waals surface area contributed by atoms with Crippen molar-refractivity contribution in [2.45, 2.75) is 19.9 Å². The Balaban J connectivity index is 1.96. The van der Waals surface area contributed by atoms with Crippen LogP contribution in [0.25, 0.3) is 5.76 Å². The van der Waals surface area contributed by atoms with E-state index in [9.17, 15) is 19.8 Å². The number of Topliss-reactive ketones (excluding diaryl/α,β-unsaturated/α-hetero) is 1. The molecule has 6 heteroatoms. The highest BCUT2D eigenvalue weighted by molar-refractivity contribution is 9.10. The van der Waals surface area contributed by atoms with E-state index < -0.39 is 17.7 Å². The van der Waals surface area contributed by atoms with Crippen molar-refractivity contribution in [2.75, 3.05) is 4.90 Å². The Morgan fingerprint density at radius 2 is 1.65 bits per heavy atom. The predicted octanol–water partition coefficient (Wildman–Crippen LogP) is 5.40. The number of anilines is 1. The lowest BCUT2D eigenvalue weighted by Crippen LogP contribution is -2.29. The summed E-state index contributed by atoms with van der Waals surface area (Å²) in [6.45, 7) is 3.90. The molecule has 0 saturated carbocycles. The van der Waals surface area contributed by atoms with Gasteiger partial charge in [-0.3, -0.25) is 14.5 Å². The van der Waals surface area contributed by atoms with Crippen LogP contribution in [0.5, 0.6) is 5.75 Å². The van der Waals surface area contributed by atoms with E-state index in [0.717, 1.165) is 15.6 Å². The van der Waals surface area contributed by atoms with Crippen molar-refractivity contribution < 1.29 is 19.8 Å². The summed E-state index contributed by atoms with van der Waals surface area (Å²) >= 11 is 3.35. The zero-order valence-corrected chi connectivity index (χ0v) is 18.6. The van der Waals surface area contributed by atoms with E-state index in [-0.39, 0.29) is 17.1 Å². The maximum absolute atomic E-state index is 13.1. The molecule has 156 valence electrons. The lowest BCUT2D eigenvalue weighted by atomic mass is 9.95. The zero-order valence-electron chi connectivity index (χ0n) is 17.0. The number of carbonyl (C=O) groups is 2. The number of ketones is 1. The first-order valence-electron chi connectivity index (χ1n) is 9.71. The normalized spacial score (nSPS) is 17.9. The van der Waals surface area contributed by atoms with Crippen molar-refractivity contribution in [3.63, 3.8) is 0 Å². The molecule has 0 bridgehead atoms. The number of phenolic OH excluding ortho intramolecular Hbond substituents is 1. The summed E-state index contributed by atoms with van der Waals surface area (Å²) in [6.07, 6.45) is 0. The molecular formula is C25H20BrNO4. The van der Waals surface area contributed by atoms with Crippen LogP contribution < -0.4 is 4.90 Å². The molecule has 5 nitrogen and oxygen atoms in total. The molecule has 1 aliphatic heterocycles. The number of rotatable bonds is 3. The number of aliphatic hydroxyl groups excluding tert-OH is 1. The third kappa shape index (κ3) is 3.75. The third-order valence-electron chi connectivity index (χ3n) is 5.52. The Labute approximate surface area is 188 Å². The van der Waals surface area contributed by atoms with Gasteiger partial charge in [0.1, 0.15) is 11.5 Å². The molecule has 2 N–H and O–H groups in total. The largest absolute Gasteiger partial charge is 0.508 e. The van der Waals surface area contributed by atoms with E-state index in [2.05, 4.69) is 15.9 Å². The maximum Gasteiger partial charge on any atom is 0.300 e. The molecule has 1 amide bonds. The van der Waals surface area contributed by atoms with Crippen LogP contribution in [0, 0.1) is 13.8 Å². The zero-order chi connectivity index (χ0) is 22.3. The van der Waals surface area contributed by atoms with Gasteiger partial charge in [0.25, 0.3) is 11.7 Å². The summed E-state index contributed by atoms with van der Waals surface area (Å²) < 4.78 is 0.823. The van der Waals surface area contributed by atoms with Gasteiger partial charge in [0.2, 0.25) is 0 Å². The minimum atomic E-state index is -0.877. The molecule has 1 saturated heterocycles. The van der Waals surface area contributed by atoms with E-state index in [0.29, 0.717) is 16.8 Å².